The lowest BCUT2D eigenvalue weighted by Gasteiger charge is -2.31. The number of nitrogens with two attached hydrogens (primary N) is 1. The van der Waals surface area contributed by atoms with Gasteiger partial charge in [-0.3, -0.25) is 0 Å². The molecule has 0 heterocycles. The molecule has 0 saturated heterocycles. The van der Waals surface area contributed by atoms with E-state index in [-0.39, 0.29) is 6.04 Å². The number of nitrogens with zero attached hydrogens (tertiary/aromatic N) is 1. The number of halogens is 1. The SMILES string of the molecule is CC(C)CN(CCC(N)c1ccccc1Cl)C1CCCC1. The van der Waals surface area contributed by atoms with Crippen LogP contribution in [0.4, 0.5) is 0 Å². The molecule has 0 radical (unpaired) electrons. The third-order valence-corrected chi connectivity index (χ3v) is 4.82. The molecule has 2 rings (SSSR count). The molecule has 1 aromatic carbocycles. The smallest absolute Gasteiger partial charge is 0.0453 e. The predicted octanol–water partition coefficient (Wildman–Crippen LogP) is 4.63. The molecular weight excluding hydrogens is 280 g/mol. The van der Waals surface area contributed by atoms with Crippen molar-refractivity contribution >= 4 is 11.6 Å². The summed E-state index contributed by atoms with van der Waals surface area (Å²) >= 11 is 6.25. The van der Waals surface area contributed by atoms with E-state index in [1.54, 1.807) is 0 Å². The average molecular weight is 309 g/mol. The van der Waals surface area contributed by atoms with Crippen molar-refractivity contribution < 1.29 is 0 Å². The number of benzene rings is 1. The molecule has 1 unspecified atom stereocenters. The van der Waals surface area contributed by atoms with Gasteiger partial charge in [-0.25, -0.2) is 0 Å². The van der Waals surface area contributed by atoms with Crippen LogP contribution in [0, 0.1) is 5.92 Å². The van der Waals surface area contributed by atoms with Crippen molar-refractivity contribution in [3.63, 3.8) is 0 Å². The maximum Gasteiger partial charge on any atom is 0.0453 e. The lowest BCUT2D eigenvalue weighted by atomic mass is 10.0. The molecule has 1 aliphatic rings. The zero-order valence-electron chi connectivity index (χ0n) is 13.4. The van der Waals surface area contributed by atoms with E-state index in [0.29, 0.717) is 5.92 Å². The zero-order valence-corrected chi connectivity index (χ0v) is 14.1. The fourth-order valence-corrected chi connectivity index (χ4v) is 3.67. The topological polar surface area (TPSA) is 29.3 Å². The van der Waals surface area contributed by atoms with Crippen LogP contribution in [0.25, 0.3) is 0 Å². The van der Waals surface area contributed by atoms with Crippen LogP contribution in [0.3, 0.4) is 0 Å². The van der Waals surface area contributed by atoms with E-state index in [1.807, 2.05) is 18.2 Å². The van der Waals surface area contributed by atoms with Crippen molar-refractivity contribution in [3.05, 3.63) is 34.9 Å². The van der Waals surface area contributed by atoms with Crippen molar-refractivity contribution in [3.8, 4) is 0 Å². The average Bonchev–Trinajstić information content (AvgIpc) is 2.97. The highest BCUT2D eigenvalue weighted by atomic mass is 35.5. The van der Waals surface area contributed by atoms with E-state index in [0.717, 1.165) is 29.6 Å². The minimum atomic E-state index is 0.0368. The third-order valence-electron chi connectivity index (χ3n) is 4.47. The zero-order chi connectivity index (χ0) is 15.2. The van der Waals surface area contributed by atoms with E-state index in [2.05, 4.69) is 24.8 Å². The highest BCUT2D eigenvalue weighted by molar-refractivity contribution is 6.31. The second kappa shape index (κ2) is 8.17. The Balaban J connectivity index is 1.92. The van der Waals surface area contributed by atoms with E-state index < -0.39 is 0 Å². The van der Waals surface area contributed by atoms with E-state index in [9.17, 15) is 0 Å². The van der Waals surface area contributed by atoms with Crippen LogP contribution in [0.15, 0.2) is 24.3 Å². The second-order valence-electron chi connectivity index (χ2n) is 6.74. The third kappa shape index (κ3) is 4.98. The van der Waals surface area contributed by atoms with E-state index in [4.69, 9.17) is 17.3 Å². The molecule has 1 aliphatic carbocycles. The summed E-state index contributed by atoms with van der Waals surface area (Å²) in [7, 11) is 0. The Bertz CT molecular complexity index is 427. The Morgan fingerprint density at radius 1 is 1.24 bits per heavy atom. The fraction of sp³-hybridized carbons (Fsp3) is 0.667. The summed E-state index contributed by atoms with van der Waals surface area (Å²) in [6.07, 6.45) is 6.46. The number of hydrogen-bond acceptors (Lipinski definition) is 2. The molecule has 1 atom stereocenters. The fourth-order valence-electron chi connectivity index (χ4n) is 3.40. The Hall–Kier alpha value is -0.570. The number of hydrogen-bond donors (Lipinski definition) is 1. The molecule has 0 aromatic heterocycles. The van der Waals surface area contributed by atoms with Crippen LogP contribution in [-0.4, -0.2) is 24.0 Å². The first kappa shape index (κ1) is 16.8. The molecule has 0 bridgehead atoms. The number of rotatable bonds is 7. The summed E-state index contributed by atoms with van der Waals surface area (Å²) in [5.41, 5.74) is 7.44. The van der Waals surface area contributed by atoms with Gasteiger partial charge in [0.05, 0.1) is 0 Å². The summed E-state index contributed by atoms with van der Waals surface area (Å²) in [4.78, 5) is 2.66. The Morgan fingerprint density at radius 3 is 2.52 bits per heavy atom. The molecule has 2 nitrogen and oxygen atoms in total. The Kier molecular flexibility index (Phi) is 6.53. The first-order valence-corrected chi connectivity index (χ1v) is 8.69. The molecule has 0 amide bonds. The van der Waals surface area contributed by atoms with Crippen LogP contribution >= 0.6 is 11.6 Å². The van der Waals surface area contributed by atoms with E-state index in [1.165, 1.54) is 32.2 Å². The van der Waals surface area contributed by atoms with Gasteiger partial charge >= 0.3 is 0 Å². The van der Waals surface area contributed by atoms with Crippen molar-refractivity contribution in [2.75, 3.05) is 13.1 Å². The van der Waals surface area contributed by atoms with Gasteiger partial charge in [0.15, 0.2) is 0 Å². The van der Waals surface area contributed by atoms with Gasteiger partial charge in [-0.05, 0) is 36.8 Å². The molecule has 21 heavy (non-hydrogen) atoms. The summed E-state index contributed by atoms with van der Waals surface area (Å²) < 4.78 is 0. The second-order valence-corrected chi connectivity index (χ2v) is 7.15. The maximum absolute atomic E-state index is 6.36. The highest BCUT2D eigenvalue weighted by Crippen LogP contribution is 2.27. The molecule has 0 spiro atoms. The Morgan fingerprint density at radius 2 is 1.90 bits per heavy atom. The molecular formula is C18H29ClN2. The van der Waals surface area contributed by atoms with Gasteiger partial charge in [0.25, 0.3) is 0 Å². The molecule has 0 aliphatic heterocycles. The molecule has 1 aromatic rings. The first-order valence-electron chi connectivity index (χ1n) is 8.32. The van der Waals surface area contributed by atoms with E-state index >= 15 is 0 Å². The minimum absolute atomic E-state index is 0.0368. The van der Waals surface area contributed by atoms with Crippen LogP contribution in [0.2, 0.25) is 5.02 Å². The molecule has 1 saturated carbocycles. The van der Waals surface area contributed by atoms with Gasteiger partial charge in [-0.1, -0.05) is 56.5 Å². The normalized spacial score (nSPS) is 17.8. The summed E-state index contributed by atoms with van der Waals surface area (Å²) in [5.74, 6) is 0.710. The first-order chi connectivity index (χ1) is 10.1. The molecule has 2 N–H and O–H groups in total. The van der Waals surface area contributed by atoms with Gasteiger partial charge in [0, 0.05) is 30.2 Å². The lowest BCUT2D eigenvalue weighted by molar-refractivity contribution is 0.171. The van der Waals surface area contributed by atoms with Crippen LogP contribution in [0.1, 0.15) is 57.6 Å². The van der Waals surface area contributed by atoms with Crippen molar-refractivity contribution in [1.82, 2.24) is 4.90 Å². The quantitative estimate of drug-likeness (QED) is 0.795. The predicted molar refractivity (Wildman–Crippen MR) is 91.7 cm³/mol. The van der Waals surface area contributed by atoms with Gasteiger partial charge in [0.2, 0.25) is 0 Å². The van der Waals surface area contributed by atoms with Crippen LogP contribution in [0.5, 0.6) is 0 Å². The Labute approximate surface area is 134 Å². The lowest BCUT2D eigenvalue weighted by Crippen LogP contribution is -2.38. The van der Waals surface area contributed by atoms with Gasteiger partial charge in [0.1, 0.15) is 0 Å². The summed E-state index contributed by atoms with van der Waals surface area (Å²) in [6.45, 7) is 6.86. The monoisotopic (exact) mass is 308 g/mol. The van der Waals surface area contributed by atoms with Gasteiger partial charge in [-0.15, -0.1) is 0 Å². The van der Waals surface area contributed by atoms with Crippen LogP contribution < -0.4 is 5.73 Å². The van der Waals surface area contributed by atoms with Crippen LogP contribution in [-0.2, 0) is 0 Å². The molecule has 1 fully saturated rings. The standard InChI is InChI=1S/C18H29ClN2/c1-14(2)13-21(15-7-3-4-8-15)12-11-18(20)16-9-5-6-10-17(16)19/h5-6,9-10,14-15,18H,3-4,7-8,11-13,20H2,1-2H3. The highest BCUT2D eigenvalue weighted by Gasteiger charge is 2.23. The van der Waals surface area contributed by atoms with Crippen molar-refractivity contribution in [2.24, 2.45) is 11.7 Å². The minimum Gasteiger partial charge on any atom is -0.324 e. The van der Waals surface area contributed by atoms with Gasteiger partial charge in [-0.2, -0.15) is 0 Å². The van der Waals surface area contributed by atoms with Crippen molar-refractivity contribution in [1.29, 1.82) is 0 Å². The largest absolute Gasteiger partial charge is 0.324 e. The van der Waals surface area contributed by atoms with Gasteiger partial charge < -0.3 is 10.6 Å². The molecule has 118 valence electrons. The maximum atomic E-state index is 6.36. The molecule has 3 heteroatoms. The summed E-state index contributed by atoms with van der Waals surface area (Å²) in [5, 5.41) is 0.793. The summed E-state index contributed by atoms with van der Waals surface area (Å²) in [6, 6.07) is 8.77. The van der Waals surface area contributed by atoms with Crippen molar-refractivity contribution in [2.45, 2.75) is 58.0 Å².